The van der Waals surface area contributed by atoms with Gasteiger partial charge in [0.15, 0.2) is 5.96 Å². The number of hydrogen-bond donors (Lipinski definition) is 2. The fourth-order valence-electron chi connectivity index (χ4n) is 3.13. The van der Waals surface area contributed by atoms with Gasteiger partial charge in [0.05, 0.1) is 12.7 Å². The highest BCUT2D eigenvalue weighted by Gasteiger charge is 2.14. The molecule has 0 saturated carbocycles. The van der Waals surface area contributed by atoms with Crippen molar-refractivity contribution in [2.24, 2.45) is 4.99 Å². The fourth-order valence-corrected chi connectivity index (χ4v) is 3.13. The summed E-state index contributed by atoms with van der Waals surface area (Å²) in [6, 6.07) is 7.79. The Labute approximate surface area is 198 Å². The molecule has 1 aromatic rings. The van der Waals surface area contributed by atoms with Gasteiger partial charge in [0, 0.05) is 52.5 Å². The van der Waals surface area contributed by atoms with Crippen LogP contribution in [0.4, 0.5) is 0 Å². The van der Waals surface area contributed by atoms with E-state index >= 15 is 0 Å². The van der Waals surface area contributed by atoms with Crippen molar-refractivity contribution < 1.29 is 14.3 Å². The van der Waals surface area contributed by atoms with Crippen molar-refractivity contribution >= 4 is 35.8 Å². The Hall–Kier alpha value is -1.39. The van der Waals surface area contributed by atoms with Crippen molar-refractivity contribution in [2.75, 3.05) is 53.6 Å². The third-order valence-corrected chi connectivity index (χ3v) is 4.67. The summed E-state index contributed by atoms with van der Waals surface area (Å²) in [7, 11) is 3.53. The molecule has 8 heteroatoms. The van der Waals surface area contributed by atoms with Crippen LogP contribution in [0.2, 0.25) is 0 Å². The topological polar surface area (TPSA) is 75.2 Å². The highest BCUT2D eigenvalue weighted by Crippen LogP contribution is 2.12. The molecular weight excluding hydrogens is 495 g/mol. The van der Waals surface area contributed by atoms with Gasteiger partial charge in [-0.3, -0.25) is 9.79 Å². The second-order valence-electron chi connectivity index (χ2n) is 7.40. The van der Waals surface area contributed by atoms with Crippen molar-refractivity contribution in [2.45, 2.75) is 38.7 Å². The molecule has 1 atom stereocenters. The fraction of sp³-hybridized carbons (Fsp3) is 0.636. The maximum atomic E-state index is 12.1. The first-order chi connectivity index (χ1) is 14.1. The van der Waals surface area contributed by atoms with Gasteiger partial charge >= 0.3 is 0 Å². The van der Waals surface area contributed by atoms with Crippen LogP contribution in [0.25, 0.3) is 0 Å². The van der Waals surface area contributed by atoms with E-state index in [-0.39, 0.29) is 36.0 Å². The minimum absolute atomic E-state index is 0. The van der Waals surface area contributed by atoms with Crippen LogP contribution < -0.4 is 10.6 Å². The molecule has 1 amide bonds. The molecule has 2 rings (SSSR count). The average molecular weight is 532 g/mol. The molecule has 1 saturated heterocycles. The molecule has 1 aliphatic rings. The molecule has 1 aliphatic heterocycles. The maximum Gasteiger partial charge on any atom is 0.253 e. The Kier molecular flexibility index (Phi) is 13.7. The predicted molar refractivity (Wildman–Crippen MR) is 132 cm³/mol. The van der Waals surface area contributed by atoms with Crippen LogP contribution in [-0.4, -0.2) is 76.4 Å². The van der Waals surface area contributed by atoms with Crippen LogP contribution in [0.1, 0.15) is 42.1 Å². The van der Waals surface area contributed by atoms with Crippen LogP contribution in [0.15, 0.2) is 29.3 Å². The Morgan fingerprint density at radius 1 is 1.33 bits per heavy atom. The average Bonchev–Trinajstić information content (AvgIpc) is 3.23. The molecule has 0 bridgehead atoms. The number of nitrogens with one attached hydrogen (secondary N) is 2. The SMILES string of the molecule is CCNC(=NCCCOCC1CCCO1)NCCc1cccc(C(=O)N(C)C)c1.I. The van der Waals surface area contributed by atoms with E-state index in [0.717, 1.165) is 62.5 Å². The summed E-state index contributed by atoms with van der Waals surface area (Å²) >= 11 is 0. The minimum Gasteiger partial charge on any atom is -0.379 e. The van der Waals surface area contributed by atoms with Crippen molar-refractivity contribution in [1.29, 1.82) is 0 Å². The number of carbonyl (C=O) groups is 1. The van der Waals surface area contributed by atoms with Gasteiger partial charge in [0.1, 0.15) is 0 Å². The van der Waals surface area contributed by atoms with Crippen molar-refractivity contribution in [3.05, 3.63) is 35.4 Å². The molecule has 1 aromatic carbocycles. The first-order valence-corrected chi connectivity index (χ1v) is 10.6. The summed E-state index contributed by atoms with van der Waals surface area (Å²) in [5, 5.41) is 6.63. The van der Waals surface area contributed by atoms with Crippen molar-refractivity contribution in [3.63, 3.8) is 0 Å². The quantitative estimate of drug-likeness (QED) is 0.199. The third-order valence-electron chi connectivity index (χ3n) is 4.67. The number of aliphatic imine (C=N–C) groups is 1. The monoisotopic (exact) mass is 532 g/mol. The number of rotatable bonds is 11. The Balaban J connectivity index is 0.00000450. The molecule has 30 heavy (non-hydrogen) atoms. The number of amides is 1. The van der Waals surface area contributed by atoms with E-state index in [0.29, 0.717) is 19.8 Å². The molecular formula is C22H37IN4O3. The molecule has 0 radical (unpaired) electrons. The number of ether oxygens (including phenoxy) is 2. The number of hydrogen-bond acceptors (Lipinski definition) is 4. The number of nitrogens with zero attached hydrogens (tertiary/aromatic N) is 2. The molecule has 0 aliphatic carbocycles. The first-order valence-electron chi connectivity index (χ1n) is 10.6. The molecule has 7 nitrogen and oxygen atoms in total. The lowest BCUT2D eigenvalue weighted by Gasteiger charge is -2.13. The summed E-state index contributed by atoms with van der Waals surface area (Å²) in [6.45, 7) is 6.60. The highest BCUT2D eigenvalue weighted by molar-refractivity contribution is 14.0. The second-order valence-corrected chi connectivity index (χ2v) is 7.40. The van der Waals surface area contributed by atoms with Gasteiger partial charge in [0.25, 0.3) is 5.91 Å². The molecule has 1 unspecified atom stereocenters. The van der Waals surface area contributed by atoms with E-state index in [1.807, 2.05) is 24.3 Å². The lowest BCUT2D eigenvalue weighted by molar-refractivity contribution is 0.0171. The van der Waals surface area contributed by atoms with Crippen LogP contribution in [-0.2, 0) is 15.9 Å². The summed E-state index contributed by atoms with van der Waals surface area (Å²) in [6.07, 6.45) is 4.25. The molecule has 0 spiro atoms. The van der Waals surface area contributed by atoms with Gasteiger partial charge < -0.3 is 25.0 Å². The van der Waals surface area contributed by atoms with E-state index in [9.17, 15) is 4.79 Å². The second kappa shape index (κ2) is 15.4. The van der Waals surface area contributed by atoms with Gasteiger partial charge in [-0.25, -0.2) is 0 Å². The Morgan fingerprint density at radius 3 is 2.87 bits per heavy atom. The number of benzene rings is 1. The van der Waals surface area contributed by atoms with E-state index in [2.05, 4.69) is 22.5 Å². The van der Waals surface area contributed by atoms with Crippen LogP contribution >= 0.6 is 24.0 Å². The lowest BCUT2D eigenvalue weighted by atomic mass is 10.1. The number of guanidine groups is 1. The maximum absolute atomic E-state index is 12.1. The number of carbonyl (C=O) groups excluding carboxylic acids is 1. The van der Waals surface area contributed by atoms with E-state index in [1.165, 1.54) is 0 Å². The van der Waals surface area contributed by atoms with Crippen LogP contribution in [0.3, 0.4) is 0 Å². The van der Waals surface area contributed by atoms with Gasteiger partial charge in [0.2, 0.25) is 0 Å². The zero-order chi connectivity index (χ0) is 20.9. The van der Waals surface area contributed by atoms with E-state index < -0.39 is 0 Å². The molecule has 1 heterocycles. The zero-order valence-electron chi connectivity index (χ0n) is 18.5. The highest BCUT2D eigenvalue weighted by atomic mass is 127. The number of halogens is 1. The van der Waals surface area contributed by atoms with Gasteiger partial charge in [-0.15, -0.1) is 24.0 Å². The van der Waals surface area contributed by atoms with Crippen molar-refractivity contribution in [1.82, 2.24) is 15.5 Å². The summed E-state index contributed by atoms with van der Waals surface area (Å²) < 4.78 is 11.2. The van der Waals surface area contributed by atoms with Crippen molar-refractivity contribution in [3.8, 4) is 0 Å². The Bertz CT molecular complexity index is 649. The van der Waals surface area contributed by atoms with E-state index in [4.69, 9.17) is 9.47 Å². The summed E-state index contributed by atoms with van der Waals surface area (Å²) in [4.78, 5) is 18.3. The Morgan fingerprint density at radius 2 is 2.17 bits per heavy atom. The normalized spacial score (nSPS) is 16.1. The van der Waals surface area contributed by atoms with Gasteiger partial charge in [-0.2, -0.15) is 0 Å². The third kappa shape index (κ3) is 10.1. The van der Waals surface area contributed by atoms with Crippen LogP contribution in [0.5, 0.6) is 0 Å². The largest absolute Gasteiger partial charge is 0.379 e. The standard InChI is InChI=1S/C22H36N4O3.HI/c1-4-23-22(24-12-7-14-28-17-20-10-6-15-29-20)25-13-11-18-8-5-9-19(16-18)21(27)26(2)3;/h5,8-9,16,20H,4,6-7,10-15,17H2,1-3H3,(H2,23,24,25);1H. The smallest absolute Gasteiger partial charge is 0.253 e. The minimum atomic E-state index is 0. The molecule has 2 N–H and O–H groups in total. The van der Waals surface area contributed by atoms with Gasteiger partial charge in [-0.1, -0.05) is 12.1 Å². The van der Waals surface area contributed by atoms with Crippen LogP contribution in [0, 0.1) is 0 Å². The molecule has 170 valence electrons. The van der Waals surface area contributed by atoms with Gasteiger partial charge in [-0.05, 0) is 50.3 Å². The summed E-state index contributed by atoms with van der Waals surface area (Å²) in [5.74, 6) is 0.837. The predicted octanol–water partition coefficient (Wildman–Crippen LogP) is 2.69. The van der Waals surface area contributed by atoms with E-state index in [1.54, 1.807) is 19.0 Å². The molecule has 0 aromatic heterocycles. The zero-order valence-corrected chi connectivity index (χ0v) is 20.8. The molecule has 1 fully saturated rings. The lowest BCUT2D eigenvalue weighted by Crippen LogP contribution is -2.38. The summed E-state index contributed by atoms with van der Waals surface area (Å²) in [5.41, 5.74) is 1.85. The first kappa shape index (κ1) is 26.6.